The minimum Gasteiger partial charge on any atom is -0.549 e. The van der Waals surface area contributed by atoms with Crippen LogP contribution in [0.15, 0.2) is 78.6 Å². The molecule has 0 saturated carbocycles. The van der Waals surface area contributed by atoms with E-state index in [-0.39, 0.29) is 5.92 Å². The molecule has 138 valence electrons. The van der Waals surface area contributed by atoms with Crippen molar-refractivity contribution in [3.63, 3.8) is 0 Å². The van der Waals surface area contributed by atoms with Gasteiger partial charge >= 0.3 is 0 Å². The molecule has 26 heavy (non-hydrogen) atoms. The van der Waals surface area contributed by atoms with Gasteiger partial charge in [-0.2, -0.15) is 0 Å². The second-order valence-corrected chi connectivity index (χ2v) is 11.6. The molecule has 2 aromatic carbocycles. The smallest absolute Gasteiger partial charge is 0.249 e. The van der Waals surface area contributed by atoms with Crippen LogP contribution in [0.2, 0.25) is 18.1 Å². The Morgan fingerprint density at radius 2 is 1.42 bits per heavy atom. The minimum atomic E-state index is -1.60. The van der Waals surface area contributed by atoms with E-state index in [1.54, 1.807) is 0 Å². The maximum atomic E-state index is 6.36. The average molecular weight is 365 g/mol. The Morgan fingerprint density at radius 3 is 1.96 bits per heavy atom. The number of hydrogen-bond acceptors (Lipinski definition) is 1. The summed E-state index contributed by atoms with van der Waals surface area (Å²) in [5.41, 5.74) is 3.85. The van der Waals surface area contributed by atoms with Crippen LogP contribution in [-0.4, -0.2) is 8.32 Å². The van der Waals surface area contributed by atoms with Crippen molar-refractivity contribution in [3.8, 4) is 0 Å². The highest BCUT2D eigenvalue weighted by molar-refractivity contribution is 6.73. The number of rotatable bonds is 9. The van der Waals surface area contributed by atoms with Gasteiger partial charge in [-0.3, -0.25) is 0 Å². The van der Waals surface area contributed by atoms with E-state index in [9.17, 15) is 0 Å². The fourth-order valence-electron chi connectivity index (χ4n) is 3.35. The summed E-state index contributed by atoms with van der Waals surface area (Å²) in [6.45, 7) is 9.01. The van der Waals surface area contributed by atoms with E-state index in [0.717, 1.165) is 0 Å². The largest absolute Gasteiger partial charge is 0.549 e. The minimum absolute atomic E-state index is 0.230. The summed E-state index contributed by atoms with van der Waals surface area (Å²) in [4.78, 5) is 0. The van der Waals surface area contributed by atoms with Crippen LogP contribution >= 0.6 is 0 Å². The van der Waals surface area contributed by atoms with Gasteiger partial charge in [0.1, 0.15) is 0 Å². The summed E-state index contributed by atoms with van der Waals surface area (Å²) in [6, 6.07) is 24.7. The van der Waals surface area contributed by atoms with Crippen LogP contribution in [0.1, 0.15) is 44.7 Å². The van der Waals surface area contributed by atoms with Gasteiger partial charge in [-0.15, -0.1) is 0 Å². The summed E-state index contributed by atoms with van der Waals surface area (Å²) in [7, 11) is -1.60. The topological polar surface area (TPSA) is 9.23 Å². The molecule has 1 nitrogen and oxygen atoms in total. The third kappa shape index (κ3) is 5.47. The molecule has 0 amide bonds. The molecule has 0 fully saturated rings. The first-order valence-electron chi connectivity index (χ1n) is 9.76. The average Bonchev–Trinajstić information content (AvgIpc) is 2.70. The fourth-order valence-corrected chi connectivity index (χ4v) is 5.72. The molecular weight excluding hydrogens is 332 g/mol. The first kappa shape index (κ1) is 20.3. The zero-order valence-electron chi connectivity index (χ0n) is 16.6. The third-order valence-electron chi connectivity index (χ3n) is 5.37. The molecule has 0 aliphatic heterocycles. The van der Waals surface area contributed by atoms with Crippen molar-refractivity contribution in [2.24, 2.45) is 0 Å². The lowest BCUT2D eigenvalue weighted by Crippen LogP contribution is -2.33. The van der Waals surface area contributed by atoms with Crippen molar-refractivity contribution in [1.29, 1.82) is 0 Å². The molecule has 1 unspecified atom stereocenters. The van der Waals surface area contributed by atoms with Gasteiger partial charge in [0.05, 0.1) is 6.26 Å². The van der Waals surface area contributed by atoms with Crippen molar-refractivity contribution >= 4 is 14.4 Å². The van der Waals surface area contributed by atoms with Crippen LogP contribution in [-0.2, 0) is 4.43 Å². The summed E-state index contributed by atoms with van der Waals surface area (Å²) >= 11 is 0. The lowest BCUT2D eigenvalue weighted by Gasteiger charge is -2.27. The zero-order valence-corrected chi connectivity index (χ0v) is 17.6. The van der Waals surface area contributed by atoms with E-state index in [1.807, 2.05) is 6.26 Å². The Morgan fingerprint density at radius 1 is 0.885 bits per heavy atom. The molecule has 0 aromatic heterocycles. The Labute approximate surface area is 160 Å². The molecule has 0 heterocycles. The van der Waals surface area contributed by atoms with Crippen molar-refractivity contribution < 1.29 is 4.43 Å². The maximum Gasteiger partial charge on any atom is 0.249 e. The summed E-state index contributed by atoms with van der Waals surface area (Å²) in [6.07, 6.45) is 6.49. The zero-order chi connectivity index (χ0) is 18.8. The van der Waals surface area contributed by atoms with Crippen LogP contribution in [0.3, 0.4) is 0 Å². The first-order valence-corrected chi connectivity index (χ1v) is 12.3. The highest BCUT2D eigenvalue weighted by Crippen LogP contribution is 2.28. The molecule has 0 bridgehead atoms. The van der Waals surface area contributed by atoms with Crippen molar-refractivity contribution in [3.05, 3.63) is 89.7 Å². The molecule has 0 N–H and O–H groups in total. The van der Waals surface area contributed by atoms with E-state index in [0.29, 0.717) is 0 Å². The van der Waals surface area contributed by atoms with Crippen LogP contribution in [0.25, 0.3) is 6.08 Å². The van der Waals surface area contributed by atoms with E-state index in [4.69, 9.17) is 4.43 Å². The van der Waals surface area contributed by atoms with Crippen LogP contribution in [0.5, 0.6) is 0 Å². The summed E-state index contributed by atoms with van der Waals surface area (Å²) < 4.78 is 6.36. The molecule has 0 radical (unpaired) electrons. The SMILES string of the molecule is CC[Si](CC)(CC)O/C=C\C(/C(C)=C/c1ccccc1)c1ccccc1. The van der Waals surface area contributed by atoms with Crippen molar-refractivity contribution in [2.45, 2.75) is 51.7 Å². The maximum absolute atomic E-state index is 6.36. The number of hydrogen-bond donors (Lipinski definition) is 0. The molecule has 1 atom stereocenters. The quantitative estimate of drug-likeness (QED) is 0.332. The molecule has 2 heteroatoms. The Bertz CT molecular complexity index is 691. The Hall–Kier alpha value is -2.06. The number of benzene rings is 2. The standard InChI is InChI=1S/C24H32OSi/c1-5-26(6-2,7-3)25-19-18-24(23-16-12-9-13-17-23)21(4)20-22-14-10-8-11-15-22/h8-20,24H,5-7H2,1-4H3/b19-18-,21-20+. The van der Waals surface area contributed by atoms with E-state index < -0.39 is 8.32 Å². The lowest BCUT2D eigenvalue weighted by molar-refractivity contribution is 0.455. The van der Waals surface area contributed by atoms with Gasteiger partial charge in [0, 0.05) is 5.92 Å². The van der Waals surface area contributed by atoms with Gasteiger partial charge in [0.2, 0.25) is 8.32 Å². The monoisotopic (exact) mass is 364 g/mol. The van der Waals surface area contributed by atoms with Crippen LogP contribution in [0.4, 0.5) is 0 Å². The van der Waals surface area contributed by atoms with Crippen LogP contribution in [0, 0.1) is 0 Å². The molecule has 2 rings (SSSR count). The van der Waals surface area contributed by atoms with Crippen molar-refractivity contribution in [2.75, 3.05) is 0 Å². The number of allylic oxidation sites excluding steroid dienone is 2. The summed E-state index contributed by atoms with van der Waals surface area (Å²) in [5.74, 6) is 0.230. The van der Waals surface area contributed by atoms with Gasteiger partial charge in [0.25, 0.3) is 0 Å². The third-order valence-corrected chi connectivity index (χ3v) is 9.87. The predicted molar refractivity (Wildman–Crippen MR) is 117 cm³/mol. The second-order valence-electron chi connectivity index (χ2n) is 6.88. The molecule has 2 aromatic rings. The first-order chi connectivity index (χ1) is 12.6. The van der Waals surface area contributed by atoms with E-state index in [1.165, 1.54) is 34.8 Å². The highest BCUT2D eigenvalue weighted by atomic mass is 28.4. The Kier molecular flexibility index (Phi) is 7.92. The Balaban J connectivity index is 2.28. The normalized spacial score (nSPS) is 13.8. The van der Waals surface area contributed by atoms with Gasteiger partial charge in [0.15, 0.2) is 0 Å². The predicted octanol–water partition coefficient (Wildman–Crippen LogP) is 7.41. The molecule has 0 saturated heterocycles. The van der Waals surface area contributed by atoms with Crippen molar-refractivity contribution in [1.82, 2.24) is 0 Å². The highest BCUT2D eigenvalue weighted by Gasteiger charge is 2.29. The molecular formula is C24H32OSi. The fraction of sp³-hybridized carbons (Fsp3) is 0.333. The van der Waals surface area contributed by atoms with E-state index >= 15 is 0 Å². The lowest BCUT2D eigenvalue weighted by atomic mass is 9.91. The summed E-state index contributed by atoms with van der Waals surface area (Å²) in [5, 5.41) is 0. The second kappa shape index (κ2) is 10.2. The molecule has 0 aliphatic carbocycles. The molecule has 0 aliphatic rings. The van der Waals surface area contributed by atoms with Gasteiger partial charge < -0.3 is 4.43 Å². The van der Waals surface area contributed by atoms with Gasteiger partial charge in [-0.25, -0.2) is 0 Å². The van der Waals surface area contributed by atoms with E-state index in [2.05, 4.69) is 101 Å². The van der Waals surface area contributed by atoms with Gasteiger partial charge in [-0.1, -0.05) is 93.1 Å². The molecule has 0 spiro atoms. The van der Waals surface area contributed by atoms with Crippen LogP contribution < -0.4 is 0 Å². The van der Waals surface area contributed by atoms with Gasteiger partial charge in [-0.05, 0) is 42.3 Å².